The second-order valence-electron chi connectivity index (χ2n) is 3.07. The quantitative estimate of drug-likeness (QED) is 0.564. The van der Waals surface area contributed by atoms with Gasteiger partial charge < -0.3 is 12.4 Å². The van der Waals surface area contributed by atoms with Crippen LogP contribution in [0, 0.1) is 0 Å². The van der Waals surface area contributed by atoms with E-state index in [0.717, 1.165) is 6.42 Å². The van der Waals surface area contributed by atoms with Gasteiger partial charge in [-0.25, -0.2) is 0 Å². The molecule has 1 aliphatic heterocycles. The van der Waals surface area contributed by atoms with Gasteiger partial charge in [0.25, 0.3) is 0 Å². The highest BCUT2D eigenvalue weighted by Crippen LogP contribution is 2.28. The maximum absolute atomic E-state index is 2.33. The van der Waals surface area contributed by atoms with E-state index in [9.17, 15) is 0 Å². The molecule has 0 saturated heterocycles. The molecule has 0 radical (unpaired) electrons. The molecule has 0 saturated carbocycles. The summed E-state index contributed by atoms with van der Waals surface area (Å²) in [5.74, 6) is 0. The van der Waals surface area contributed by atoms with Crippen LogP contribution in [-0.4, -0.2) is 6.54 Å². The average Bonchev–Trinajstić information content (AvgIpc) is 2.76. The number of hydrogen-bond donors (Lipinski definition) is 1. The zero-order valence-electron chi connectivity index (χ0n) is 7.93. The second-order valence-corrected chi connectivity index (χ2v) is 3.07. The lowest BCUT2D eigenvalue weighted by Gasteiger charge is -1.86. The van der Waals surface area contributed by atoms with Crippen LogP contribution in [0.5, 0.6) is 0 Å². The number of halogens is 2. The minimum atomic E-state index is 0. The van der Waals surface area contributed by atoms with Gasteiger partial charge in [-0.05, 0) is 18.9 Å². The van der Waals surface area contributed by atoms with Crippen LogP contribution < -0.4 is 17.3 Å². The Hall–Kier alpha value is -0.600. The van der Waals surface area contributed by atoms with Crippen LogP contribution >= 0.6 is 0 Å². The van der Waals surface area contributed by atoms with Crippen molar-refractivity contribution in [2.75, 3.05) is 6.54 Å². The Bertz CT molecular complexity index is 288. The maximum Gasteiger partial charge on any atom is 0.198 e. The van der Waals surface area contributed by atoms with E-state index in [1.165, 1.54) is 23.5 Å². The van der Waals surface area contributed by atoms with Crippen molar-refractivity contribution in [1.82, 2.24) is 0 Å². The Kier molecular flexibility index (Phi) is 4.37. The summed E-state index contributed by atoms with van der Waals surface area (Å²) in [5, 5.41) is 0. The third-order valence-corrected chi connectivity index (χ3v) is 2.43. The Morgan fingerprint density at radius 1 is 1.15 bits per heavy atom. The highest BCUT2D eigenvalue weighted by Gasteiger charge is 2.35. The average molecular weight is 204 g/mol. The van der Waals surface area contributed by atoms with Crippen molar-refractivity contribution in [3.63, 3.8) is 0 Å². The standard InChI is InChI=1S/C10H13N.ClH.FH/c1-3-8-5-6-9-10(7-8)11(9)4-2;;/h5-7H,3-4H2,1-2H3;2*1H. The number of rotatable bonds is 2. The molecule has 0 fully saturated rings. The Labute approximate surface area is 84.5 Å². The van der Waals surface area contributed by atoms with Gasteiger partial charge in [0.1, 0.15) is 0 Å². The van der Waals surface area contributed by atoms with E-state index >= 15 is 0 Å². The summed E-state index contributed by atoms with van der Waals surface area (Å²) in [7, 11) is 0. The molecule has 3 heteroatoms. The van der Waals surface area contributed by atoms with Crippen LogP contribution in [0.3, 0.4) is 0 Å². The SMILES string of the molecule is CCc1ccc2c(c1)[NH+]2CC.F.[Cl-]. The first-order valence-corrected chi connectivity index (χ1v) is 4.36. The molecule has 0 aliphatic carbocycles. The fourth-order valence-corrected chi connectivity index (χ4v) is 1.64. The largest absolute Gasteiger partial charge is 1.00 e. The molecule has 0 amide bonds. The molecule has 1 N–H and O–H groups in total. The van der Waals surface area contributed by atoms with E-state index in [1.54, 1.807) is 4.90 Å². The van der Waals surface area contributed by atoms with Gasteiger partial charge in [0.05, 0.1) is 6.54 Å². The summed E-state index contributed by atoms with van der Waals surface area (Å²) >= 11 is 0. The van der Waals surface area contributed by atoms with Crippen LogP contribution in [0.4, 0.5) is 16.1 Å². The van der Waals surface area contributed by atoms with Gasteiger partial charge in [0, 0.05) is 12.1 Å². The van der Waals surface area contributed by atoms with Crippen molar-refractivity contribution >= 4 is 11.4 Å². The van der Waals surface area contributed by atoms with Crippen LogP contribution in [-0.2, 0) is 6.42 Å². The van der Waals surface area contributed by atoms with E-state index < -0.39 is 0 Å². The Morgan fingerprint density at radius 3 is 2.38 bits per heavy atom. The first kappa shape index (κ1) is 12.4. The fraction of sp³-hybridized carbons (Fsp3) is 0.400. The topological polar surface area (TPSA) is 4.44 Å². The Morgan fingerprint density at radius 2 is 1.85 bits per heavy atom. The van der Waals surface area contributed by atoms with Crippen molar-refractivity contribution in [3.8, 4) is 0 Å². The smallest absolute Gasteiger partial charge is 0.198 e. The molecule has 0 bridgehead atoms. The lowest BCUT2D eigenvalue weighted by atomic mass is 10.2. The van der Waals surface area contributed by atoms with E-state index in [2.05, 4.69) is 32.0 Å². The van der Waals surface area contributed by atoms with Crippen LogP contribution in [0.15, 0.2) is 18.2 Å². The van der Waals surface area contributed by atoms with Crippen molar-refractivity contribution in [2.45, 2.75) is 20.3 Å². The molecule has 1 aromatic carbocycles. The van der Waals surface area contributed by atoms with E-state index in [-0.39, 0.29) is 17.1 Å². The van der Waals surface area contributed by atoms with E-state index in [4.69, 9.17) is 0 Å². The van der Waals surface area contributed by atoms with Crippen LogP contribution in [0.1, 0.15) is 19.4 Å². The van der Waals surface area contributed by atoms with Gasteiger partial charge in [0.2, 0.25) is 0 Å². The predicted molar refractivity (Wildman–Crippen MR) is 49.1 cm³/mol. The Balaban J connectivity index is 0.000000720. The number of hydrogen-bond acceptors (Lipinski definition) is 0. The summed E-state index contributed by atoms with van der Waals surface area (Å²) < 4.78 is 0. The summed E-state index contributed by atoms with van der Waals surface area (Å²) in [6, 6.07) is 6.82. The number of nitrogens with one attached hydrogen (secondary N) is 1. The van der Waals surface area contributed by atoms with Crippen LogP contribution in [0.2, 0.25) is 0 Å². The third kappa shape index (κ3) is 2.01. The summed E-state index contributed by atoms with van der Waals surface area (Å²) in [6.07, 6.45) is 1.16. The van der Waals surface area contributed by atoms with Gasteiger partial charge in [-0.1, -0.05) is 13.0 Å². The van der Waals surface area contributed by atoms with Gasteiger partial charge >= 0.3 is 0 Å². The zero-order valence-corrected chi connectivity index (χ0v) is 8.69. The number of fused-ring (bicyclic) bond motifs is 1. The predicted octanol–water partition coefficient (Wildman–Crippen LogP) is -1.41. The molecular formula is C10H15ClFN. The molecule has 1 aliphatic rings. The molecule has 1 heterocycles. The van der Waals surface area contributed by atoms with E-state index in [0.29, 0.717) is 0 Å². The third-order valence-electron chi connectivity index (χ3n) is 2.43. The van der Waals surface area contributed by atoms with Gasteiger partial charge in [0.15, 0.2) is 11.4 Å². The fourth-order valence-electron chi connectivity index (χ4n) is 1.64. The molecule has 1 unspecified atom stereocenters. The van der Waals surface area contributed by atoms with Crippen LogP contribution in [0.25, 0.3) is 0 Å². The summed E-state index contributed by atoms with van der Waals surface area (Å²) in [4.78, 5) is 1.57. The molecule has 0 aromatic heterocycles. The first-order chi connectivity index (χ1) is 5.36. The minimum Gasteiger partial charge on any atom is -1.00 e. The van der Waals surface area contributed by atoms with E-state index in [1.807, 2.05) is 0 Å². The van der Waals surface area contributed by atoms with Crippen molar-refractivity contribution in [3.05, 3.63) is 23.8 Å². The second kappa shape index (κ2) is 4.58. The van der Waals surface area contributed by atoms with Gasteiger partial charge in [-0.15, -0.1) is 0 Å². The monoisotopic (exact) mass is 203 g/mol. The maximum atomic E-state index is 2.33. The van der Waals surface area contributed by atoms with Gasteiger partial charge in [-0.3, -0.25) is 9.60 Å². The number of quaternary nitrogens is 1. The zero-order chi connectivity index (χ0) is 7.84. The van der Waals surface area contributed by atoms with Crippen molar-refractivity contribution in [1.29, 1.82) is 0 Å². The molecule has 1 nitrogen and oxygen atoms in total. The molecular weight excluding hydrogens is 189 g/mol. The number of benzene rings is 1. The van der Waals surface area contributed by atoms with Crippen molar-refractivity contribution < 1.29 is 22.0 Å². The molecule has 2 rings (SSSR count). The first-order valence-electron chi connectivity index (χ1n) is 4.36. The normalized spacial score (nSPS) is 16.6. The van der Waals surface area contributed by atoms with Crippen molar-refractivity contribution in [2.24, 2.45) is 0 Å². The summed E-state index contributed by atoms with van der Waals surface area (Å²) in [5.41, 5.74) is 4.49. The molecule has 0 spiro atoms. The highest BCUT2D eigenvalue weighted by molar-refractivity contribution is 5.65. The minimum absolute atomic E-state index is 0. The highest BCUT2D eigenvalue weighted by atomic mass is 35.5. The molecule has 1 aromatic rings. The lowest BCUT2D eigenvalue weighted by molar-refractivity contribution is -0.689. The van der Waals surface area contributed by atoms with Gasteiger partial charge in [-0.2, -0.15) is 0 Å². The lowest BCUT2D eigenvalue weighted by Crippen LogP contribution is -3.00. The number of aryl methyl sites for hydroxylation is 1. The summed E-state index contributed by atoms with van der Waals surface area (Å²) in [6.45, 7) is 5.62. The molecule has 74 valence electrons. The molecule has 1 atom stereocenters. The molecule has 13 heavy (non-hydrogen) atoms.